The fourth-order valence-corrected chi connectivity index (χ4v) is 7.91. The van der Waals surface area contributed by atoms with E-state index < -0.39 is 0 Å². The lowest BCUT2D eigenvalue weighted by molar-refractivity contribution is -0.118. The van der Waals surface area contributed by atoms with Crippen molar-refractivity contribution in [2.45, 2.75) is 84.9 Å². The Kier molecular flexibility index (Phi) is 5.52. The van der Waals surface area contributed by atoms with Crippen molar-refractivity contribution in [2.24, 2.45) is 16.7 Å². The Hall–Kier alpha value is -2.00. The van der Waals surface area contributed by atoms with Gasteiger partial charge in [0.05, 0.1) is 6.61 Å². The molecule has 32 heavy (non-hydrogen) atoms. The molecule has 4 saturated carbocycles. The first-order chi connectivity index (χ1) is 15.3. The SMILES string of the molecule is CCOc1cc(CNC23CC4C[C@@](C)(C2)C[C@](C)(C4)C3)ccc1OCc1ccccc1C. The lowest BCUT2D eigenvalue weighted by Crippen LogP contribution is -2.63. The van der Waals surface area contributed by atoms with Gasteiger partial charge in [0.1, 0.15) is 6.61 Å². The molecule has 0 aliphatic heterocycles. The fourth-order valence-electron chi connectivity index (χ4n) is 7.91. The number of aryl methyl sites for hydroxylation is 1. The van der Waals surface area contributed by atoms with Gasteiger partial charge in [-0.15, -0.1) is 0 Å². The summed E-state index contributed by atoms with van der Waals surface area (Å²) in [4.78, 5) is 0. The maximum absolute atomic E-state index is 6.17. The quantitative estimate of drug-likeness (QED) is 0.496. The van der Waals surface area contributed by atoms with Crippen LogP contribution < -0.4 is 14.8 Å². The number of rotatable bonds is 8. The molecule has 0 spiro atoms. The monoisotopic (exact) mass is 433 g/mol. The molecule has 4 atom stereocenters. The molecular weight excluding hydrogens is 394 g/mol. The van der Waals surface area contributed by atoms with E-state index in [4.69, 9.17) is 9.47 Å². The lowest BCUT2D eigenvalue weighted by Gasteiger charge is -2.65. The fraction of sp³-hybridized carbons (Fsp3) is 0.586. The topological polar surface area (TPSA) is 30.5 Å². The van der Waals surface area contributed by atoms with Crippen LogP contribution in [-0.4, -0.2) is 12.1 Å². The van der Waals surface area contributed by atoms with Crippen molar-refractivity contribution in [3.63, 3.8) is 0 Å². The van der Waals surface area contributed by atoms with Gasteiger partial charge in [0, 0.05) is 12.1 Å². The van der Waals surface area contributed by atoms with Gasteiger partial charge in [-0.3, -0.25) is 0 Å². The first-order valence-corrected chi connectivity index (χ1v) is 12.5. The van der Waals surface area contributed by atoms with Crippen molar-refractivity contribution in [1.82, 2.24) is 5.32 Å². The van der Waals surface area contributed by atoms with Gasteiger partial charge in [0.2, 0.25) is 0 Å². The molecule has 6 rings (SSSR count). The molecule has 4 bridgehead atoms. The zero-order valence-corrected chi connectivity index (χ0v) is 20.3. The maximum atomic E-state index is 6.17. The van der Waals surface area contributed by atoms with Gasteiger partial charge < -0.3 is 14.8 Å². The molecule has 3 heteroatoms. The first-order valence-electron chi connectivity index (χ1n) is 12.5. The highest BCUT2D eigenvalue weighted by atomic mass is 16.5. The van der Waals surface area contributed by atoms with Crippen LogP contribution in [0.3, 0.4) is 0 Å². The van der Waals surface area contributed by atoms with Crippen LogP contribution in [0.25, 0.3) is 0 Å². The third kappa shape index (κ3) is 4.29. The summed E-state index contributed by atoms with van der Waals surface area (Å²) in [5.41, 5.74) is 5.13. The summed E-state index contributed by atoms with van der Waals surface area (Å²) in [7, 11) is 0. The predicted molar refractivity (Wildman–Crippen MR) is 130 cm³/mol. The van der Waals surface area contributed by atoms with Crippen molar-refractivity contribution >= 4 is 0 Å². The summed E-state index contributed by atoms with van der Waals surface area (Å²) in [5.74, 6) is 2.59. The largest absolute Gasteiger partial charge is 0.490 e. The average Bonchev–Trinajstić information content (AvgIpc) is 2.70. The lowest BCUT2D eigenvalue weighted by atomic mass is 9.43. The van der Waals surface area contributed by atoms with Crippen LogP contribution in [0.15, 0.2) is 42.5 Å². The summed E-state index contributed by atoms with van der Waals surface area (Å²) < 4.78 is 12.1. The van der Waals surface area contributed by atoms with Crippen LogP contribution >= 0.6 is 0 Å². The highest BCUT2D eigenvalue weighted by Crippen LogP contribution is 2.66. The summed E-state index contributed by atoms with van der Waals surface area (Å²) in [5, 5.41) is 4.05. The number of hydrogen-bond acceptors (Lipinski definition) is 3. The smallest absolute Gasteiger partial charge is 0.161 e. The van der Waals surface area contributed by atoms with Gasteiger partial charge in [-0.2, -0.15) is 0 Å². The molecule has 0 aromatic heterocycles. The number of hydrogen-bond donors (Lipinski definition) is 1. The third-order valence-electron chi connectivity index (χ3n) is 8.25. The van der Waals surface area contributed by atoms with Gasteiger partial charge in [-0.25, -0.2) is 0 Å². The Morgan fingerprint density at radius 3 is 2.34 bits per heavy atom. The van der Waals surface area contributed by atoms with E-state index >= 15 is 0 Å². The maximum Gasteiger partial charge on any atom is 0.161 e. The van der Waals surface area contributed by atoms with Crippen LogP contribution in [0.1, 0.15) is 76.0 Å². The Morgan fingerprint density at radius 2 is 1.66 bits per heavy atom. The molecule has 0 amide bonds. The minimum Gasteiger partial charge on any atom is -0.490 e. The summed E-state index contributed by atoms with van der Waals surface area (Å²) in [6, 6.07) is 14.8. The third-order valence-corrected chi connectivity index (χ3v) is 8.25. The van der Waals surface area contributed by atoms with Crippen molar-refractivity contribution in [2.75, 3.05) is 6.61 Å². The molecule has 172 valence electrons. The summed E-state index contributed by atoms with van der Waals surface area (Å²) >= 11 is 0. The van der Waals surface area contributed by atoms with E-state index in [2.05, 4.69) is 68.6 Å². The highest BCUT2D eigenvalue weighted by Gasteiger charge is 2.59. The van der Waals surface area contributed by atoms with Gasteiger partial charge in [-0.05, 0) is 97.9 Å². The van der Waals surface area contributed by atoms with E-state index in [1.165, 1.54) is 55.2 Å². The summed E-state index contributed by atoms with van der Waals surface area (Å²) in [6.07, 6.45) is 8.32. The van der Waals surface area contributed by atoms with Gasteiger partial charge in [0.25, 0.3) is 0 Å². The molecular formula is C29H39NO2. The minimum atomic E-state index is 0.314. The molecule has 4 aliphatic rings. The number of benzene rings is 2. The second-order valence-corrected chi connectivity index (χ2v) is 11.7. The normalized spacial score (nSPS) is 32.8. The zero-order chi connectivity index (χ0) is 22.4. The van der Waals surface area contributed by atoms with Crippen molar-refractivity contribution in [3.8, 4) is 11.5 Å². The van der Waals surface area contributed by atoms with Crippen molar-refractivity contribution in [1.29, 1.82) is 0 Å². The van der Waals surface area contributed by atoms with Crippen LogP contribution in [0.4, 0.5) is 0 Å². The second kappa shape index (κ2) is 8.09. The van der Waals surface area contributed by atoms with Crippen molar-refractivity contribution < 1.29 is 9.47 Å². The Bertz CT molecular complexity index is 965. The van der Waals surface area contributed by atoms with E-state index in [9.17, 15) is 0 Å². The van der Waals surface area contributed by atoms with E-state index in [0.717, 1.165) is 24.0 Å². The van der Waals surface area contributed by atoms with E-state index in [1.54, 1.807) is 0 Å². The van der Waals surface area contributed by atoms with Crippen LogP contribution in [-0.2, 0) is 13.2 Å². The van der Waals surface area contributed by atoms with Gasteiger partial charge in [-0.1, -0.05) is 44.2 Å². The van der Waals surface area contributed by atoms with Crippen LogP contribution in [0, 0.1) is 23.7 Å². The molecule has 0 heterocycles. The highest BCUT2D eigenvalue weighted by molar-refractivity contribution is 5.43. The van der Waals surface area contributed by atoms with Crippen LogP contribution in [0.2, 0.25) is 0 Å². The average molecular weight is 434 g/mol. The molecule has 2 unspecified atom stereocenters. The molecule has 3 nitrogen and oxygen atoms in total. The standard InChI is InChI=1S/C29H39NO2/c1-5-31-26-12-22(10-11-25(26)32-17-24-9-7-6-8-21(24)2)16-30-29-15-23-13-27(3,19-29)18-28(4,14-23)20-29/h6-12,23,30H,5,13-20H2,1-4H3/t23?,27-,28+,29?. The molecule has 0 saturated heterocycles. The Morgan fingerprint density at radius 1 is 0.906 bits per heavy atom. The van der Waals surface area contributed by atoms with E-state index in [0.29, 0.717) is 29.6 Å². The number of ether oxygens (including phenoxy) is 2. The van der Waals surface area contributed by atoms with Gasteiger partial charge >= 0.3 is 0 Å². The summed E-state index contributed by atoms with van der Waals surface area (Å²) in [6.45, 7) is 11.3. The Balaban J connectivity index is 1.28. The Labute approximate surface area is 193 Å². The molecule has 2 aromatic carbocycles. The predicted octanol–water partition coefficient (Wildman–Crippen LogP) is 6.81. The molecule has 4 aliphatic carbocycles. The van der Waals surface area contributed by atoms with E-state index in [-0.39, 0.29) is 0 Å². The first kappa shape index (κ1) is 21.8. The van der Waals surface area contributed by atoms with E-state index in [1.807, 2.05) is 6.92 Å². The second-order valence-electron chi connectivity index (χ2n) is 11.7. The molecule has 0 radical (unpaired) electrons. The van der Waals surface area contributed by atoms with Crippen molar-refractivity contribution in [3.05, 3.63) is 59.2 Å². The molecule has 1 N–H and O–H groups in total. The number of nitrogens with one attached hydrogen (secondary N) is 1. The zero-order valence-electron chi connectivity index (χ0n) is 20.3. The minimum absolute atomic E-state index is 0.314. The van der Waals surface area contributed by atoms with Crippen LogP contribution in [0.5, 0.6) is 11.5 Å². The van der Waals surface area contributed by atoms with Gasteiger partial charge in [0.15, 0.2) is 11.5 Å². The molecule has 2 aromatic rings. The molecule has 4 fully saturated rings.